The van der Waals surface area contributed by atoms with Crippen LogP contribution in [0.2, 0.25) is 0 Å². The van der Waals surface area contributed by atoms with Crippen LogP contribution < -0.4 is 5.73 Å². The number of hydrogen-bond acceptors (Lipinski definition) is 3. The van der Waals surface area contributed by atoms with E-state index in [1.165, 1.54) is 45.4 Å². The van der Waals surface area contributed by atoms with Crippen molar-refractivity contribution in [1.82, 2.24) is 9.80 Å². The minimum absolute atomic E-state index is 0.216. The predicted molar refractivity (Wildman–Crippen MR) is 84.4 cm³/mol. The Morgan fingerprint density at radius 3 is 2.00 bits per heavy atom. The van der Waals surface area contributed by atoms with Gasteiger partial charge in [0.05, 0.1) is 0 Å². The van der Waals surface area contributed by atoms with Crippen molar-refractivity contribution in [2.75, 3.05) is 39.8 Å². The fraction of sp³-hybridized carbons (Fsp3) is 1.00. The molecule has 0 atom stereocenters. The third-order valence-electron chi connectivity index (χ3n) is 4.35. The van der Waals surface area contributed by atoms with Gasteiger partial charge in [-0.3, -0.25) is 4.90 Å². The summed E-state index contributed by atoms with van der Waals surface area (Å²) in [5.74, 6) is 1.42. The zero-order chi connectivity index (χ0) is 14.5. The lowest BCUT2D eigenvalue weighted by Crippen LogP contribution is -2.56. The molecule has 0 aromatic carbocycles. The monoisotopic (exact) mass is 269 g/mol. The molecule has 0 bridgehead atoms. The Bertz CT molecular complexity index is 240. The molecule has 1 heterocycles. The van der Waals surface area contributed by atoms with E-state index in [9.17, 15) is 0 Å². The van der Waals surface area contributed by atoms with Gasteiger partial charge in [0.15, 0.2) is 0 Å². The second-order valence-corrected chi connectivity index (χ2v) is 7.27. The second kappa shape index (κ2) is 7.61. The van der Waals surface area contributed by atoms with E-state index in [0.29, 0.717) is 11.8 Å². The molecule has 3 nitrogen and oxygen atoms in total. The molecule has 0 aromatic rings. The summed E-state index contributed by atoms with van der Waals surface area (Å²) in [4.78, 5) is 5.16. The SMILES string of the molecule is CC(C)CC(CN)(CC(C)C)N1CCCN(C)CC1. The van der Waals surface area contributed by atoms with Crippen molar-refractivity contribution < 1.29 is 0 Å². The van der Waals surface area contributed by atoms with Crippen LogP contribution in [0, 0.1) is 11.8 Å². The second-order valence-electron chi connectivity index (χ2n) is 7.27. The van der Waals surface area contributed by atoms with Crippen LogP contribution in [0.3, 0.4) is 0 Å². The molecule has 0 spiro atoms. The Morgan fingerprint density at radius 1 is 0.947 bits per heavy atom. The van der Waals surface area contributed by atoms with Crippen molar-refractivity contribution >= 4 is 0 Å². The van der Waals surface area contributed by atoms with Gasteiger partial charge in [0.1, 0.15) is 0 Å². The van der Waals surface area contributed by atoms with Gasteiger partial charge in [-0.05, 0) is 44.7 Å². The zero-order valence-electron chi connectivity index (χ0n) is 13.8. The summed E-state index contributed by atoms with van der Waals surface area (Å²) < 4.78 is 0. The smallest absolute Gasteiger partial charge is 0.0337 e. The van der Waals surface area contributed by atoms with Crippen molar-refractivity contribution in [3.63, 3.8) is 0 Å². The van der Waals surface area contributed by atoms with Crippen LogP contribution in [0.15, 0.2) is 0 Å². The molecule has 1 aliphatic heterocycles. The topological polar surface area (TPSA) is 32.5 Å². The van der Waals surface area contributed by atoms with Crippen LogP contribution in [-0.4, -0.2) is 55.1 Å². The fourth-order valence-corrected chi connectivity index (χ4v) is 3.68. The van der Waals surface area contributed by atoms with Gasteiger partial charge < -0.3 is 10.6 Å². The largest absolute Gasteiger partial charge is 0.329 e. The van der Waals surface area contributed by atoms with Crippen LogP contribution in [0.25, 0.3) is 0 Å². The first-order chi connectivity index (χ1) is 8.89. The van der Waals surface area contributed by atoms with E-state index in [2.05, 4.69) is 44.5 Å². The number of likely N-dealkylation sites (N-methyl/N-ethyl adjacent to an activating group) is 1. The molecule has 2 N–H and O–H groups in total. The Hall–Kier alpha value is -0.120. The lowest BCUT2D eigenvalue weighted by molar-refractivity contribution is 0.0570. The molecule has 0 saturated carbocycles. The average molecular weight is 269 g/mol. The highest BCUT2D eigenvalue weighted by Crippen LogP contribution is 2.31. The van der Waals surface area contributed by atoms with Gasteiger partial charge in [-0.15, -0.1) is 0 Å². The molecular formula is C16H35N3. The molecule has 0 aliphatic carbocycles. The average Bonchev–Trinajstić information content (AvgIpc) is 2.52. The van der Waals surface area contributed by atoms with Crippen LogP contribution >= 0.6 is 0 Å². The molecule has 1 saturated heterocycles. The maximum absolute atomic E-state index is 6.27. The summed E-state index contributed by atoms with van der Waals surface area (Å²) in [6.07, 6.45) is 3.73. The Balaban J connectivity index is 2.85. The quantitative estimate of drug-likeness (QED) is 0.804. The van der Waals surface area contributed by atoms with E-state index in [4.69, 9.17) is 5.73 Å². The third kappa shape index (κ3) is 5.05. The number of nitrogens with two attached hydrogens (primary N) is 1. The Morgan fingerprint density at radius 2 is 1.53 bits per heavy atom. The van der Waals surface area contributed by atoms with Gasteiger partial charge in [0.2, 0.25) is 0 Å². The molecule has 19 heavy (non-hydrogen) atoms. The van der Waals surface area contributed by atoms with Crippen molar-refractivity contribution in [2.24, 2.45) is 17.6 Å². The highest BCUT2D eigenvalue weighted by atomic mass is 15.3. The summed E-state index contributed by atoms with van der Waals surface area (Å²) in [5.41, 5.74) is 6.48. The third-order valence-corrected chi connectivity index (χ3v) is 4.35. The molecule has 114 valence electrons. The lowest BCUT2D eigenvalue weighted by atomic mass is 9.80. The normalized spacial score (nSPS) is 20.2. The fourth-order valence-electron chi connectivity index (χ4n) is 3.68. The van der Waals surface area contributed by atoms with Crippen molar-refractivity contribution in [1.29, 1.82) is 0 Å². The lowest BCUT2D eigenvalue weighted by Gasteiger charge is -2.45. The van der Waals surface area contributed by atoms with E-state index >= 15 is 0 Å². The van der Waals surface area contributed by atoms with Crippen LogP contribution in [-0.2, 0) is 0 Å². The van der Waals surface area contributed by atoms with E-state index in [1.807, 2.05) is 0 Å². The highest BCUT2D eigenvalue weighted by molar-refractivity contribution is 4.94. The summed E-state index contributed by atoms with van der Waals surface area (Å²) >= 11 is 0. The van der Waals surface area contributed by atoms with Gasteiger partial charge >= 0.3 is 0 Å². The van der Waals surface area contributed by atoms with Crippen LogP contribution in [0.1, 0.15) is 47.0 Å². The van der Waals surface area contributed by atoms with Gasteiger partial charge in [0, 0.05) is 31.7 Å². The van der Waals surface area contributed by atoms with Crippen molar-refractivity contribution in [3.8, 4) is 0 Å². The highest BCUT2D eigenvalue weighted by Gasteiger charge is 2.37. The minimum Gasteiger partial charge on any atom is -0.329 e. The molecule has 1 rings (SSSR count). The van der Waals surface area contributed by atoms with E-state index in [-0.39, 0.29) is 5.54 Å². The van der Waals surface area contributed by atoms with Gasteiger partial charge in [-0.1, -0.05) is 27.7 Å². The maximum atomic E-state index is 6.27. The summed E-state index contributed by atoms with van der Waals surface area (Å²) in [5, 5.41) is 0. The Labute approximate surface area is 120 Å². The van der Waals surface area contributed by atoms with Crippen molar-refractivity contribution in [2.45, 2.75) is 52.5 Å². The number of nitrogens with zero attached hydrogens (tertiary/aromatic N) is 2. The zero-order valence-corrected chi connectivity index (χ0v) is 13.8. The maximum Gasteiger partial charge on any atom is 0.0337 e. The predicted octanol–water partition coefficient (Wildman–Crippen LogP) is 2.41. The van der Waals surface area contributed by atoms with Gasteiger partial charge in [-0.25, -0.2) is 0 Å². The van der Waals surface area contributed by atoms with Crippen molar-refractivity contribution in [3.05, 3.63) is 0 Å². The van der Waals surface area contributed by atoms with E-state index < -0.39 is 0 Å². The molecule has 0 unspecified atom stereocenters. The van der Waals surface area contributed by atoms with Crippen LogP contribution in [0.5, 0.6) is 0 Å². The van der Waals surface area contributed by atoms with Gasteiger partial charge in [0.25, 0.3) is 0 Å². The summed E-state index contributed by atoms with van der Waals surface area (Å²) in [6.45, 7) is 14.9. The van der Waals surface area contributed by atoms with Gasteiger partial charge in [-0.2, -0.15) is 0 Å². The molecule has 1 aliphatic rings. The Kier molecular flexibility index (Phi) is 6.78. The first kappa shape index (κ1) is 16.9. The molecular weight excluding hydrogens is 234 g/mol. The first-order valence-electron chi connectivity index (χ1n) is 8.03. The number of hydrogen-bond donors (Lipinski definition) is 1. The standard InChI is InChI=1S/C16H35N3/c1-14(2)11-16(13-17,12-15(3)4)19-8-6-7-18(5)9-10-19/h14-15H,6-13,17H2,1-5H3. The summed E-state index contributed by atoms with van der Waals surface area (Å²) in [7, 11) is 2.23. The number of rotatable bonds is 6. The summed E-state index contributed by atoms with van der Waals surface area (Å²) in [6, 6.07) is 0. The van der Waals surface area contributed by atoms with Crippen LogP contribution in [0.4, 0.5) is 0 Å². The first-order valence-corrected chi connectivity index (χ1v) is 8.03. The molecule has 3 heteroatoms. The molecule has 1 fully saturated rings. The molecule has 0 amide bonds. The van der Waals surface area contributed by atoms with E-state index in [1.54, 1.807) is 0 Å². The molecule has 0 radical (unpaired) electrons. The van der Waals surface area contributed by atoms with E-state index in [0.717, 1.165) is 6.54 Å². The minimum atomic E-state index is 0.216. The molecule has 0 aromatic heterocycles.